The summed E-state index contributed by atoms with van der Waals surface area (Å²) in [5.41, 5.74) is 0.848. The Morgan fingerprint density at radius 2 is 2.08 bits per heavy atom. The van der Waals surface area contributed by atoms with Crippen molar-refractivity contribution in [2.45, 2.75) is 19.4 Å². The molecule has 1 aliphatic heterocycles. The number of piperazine rings is 1. The fourth-order valence-corrected chi connectivity index (χ4v) is 3.28. The zero-order valence-corrected chi connectivity index (χ0v) is 13.8. The van der Waals surface area contributed by atoms with Crippen LogP contribution in [0.4, 0.5) is 4.39 Å². The smallest absolute Gasteiger partial charge is 0.256 e. The van der Waals surface area contributed by atoms with Crippen LogP contribution in [-0.2, 0) is 0 Å². The van der Waals surface area contributed by atoms with E-state index in [-0.39, 0.29) is 18.6 Å². The van der Waals surface area contributed by atoms with Crippen molar-refractivity contribution < 1.29 is 14.3 Å². The summed E-state index contributed by atoms with van der Waals surface area (Å²) in [6.07, 6.45) is 2.49. The summed E-state index contributed by atoms with van der Waals surface area (Å²) in [6, 6.07) is 6.29. The maximum Gasteiger partial charge on any atom is 0.256 e. The van der Waals surface area contributed by atoms with Gasteiger partial charge in [-0.1, -0.05) is 13.0 Å². The molecule has 1 saturated heterocycles. The minimum atomic E-state index is -0.427. The lowest BCUT2D eigenvalue weighted by molar-refractivity contribution is 0.0473. The number of carbonyl (C=O) groups is 1. The van der Waals surface area contributed by atoms with E-state index in [1.165, 1.54) is 12.1 Å². The molecule has 5 nitrogen and oxygen atoms in total. The van der Waals surface area contributed by atoms with E-state index >= 15 is 0 Å². The number of nitrogens with zero attached hydrogens (tertiary/aromatic N) is 3. The molecule has 0 aliphatic carbocycles. The summed E-state index contributed by atoms with van der Waals surface area (Å²) < 4.78 is 13.8. The van der Waals surface area contributed by atoms with Gasteiger partial charge in [0.2, 0.25) is 0 Å². The van der Waals surface area contributed by atoms with Gasteiger partial charge < -0.3 is 10.0 Å². The molecule has 128 valence electrons. The van der Waals surface area contributed by atoms with Gasteiger partial charge in [0.25, 0.3) is 5.91 Å². The number of fused-ring (bicyclic) bond motifs is 1. The summed E-state index contributed by atoms with van der Waals surface area (Å²) in [5.74, 6) is -0.612. The highest BCUT2D eigenvalue weighted by Gasteiger charge is 2.26. The van der Waals surface area contributed by atoms with Gasteiger partial charge in [0.05, 0.1) is 17.7 Å². The number of pyridine rings is 1. The topological polar surface area (TPSA) is 56.7 Å². The normalized spacial score (nSPS) is 17.2. The third kappa shape index (κ3) is 3.25. The number of hydrogen-bond donors (Lipinski definition) is 1. The Kier molecular flexibility index (Phi) is 5.06. The van der Waals surface area contributed by atoms with Gasteiger partial charge in [-0.2, -0.15) is 0 Å². The molecule has 3 rings (SSSR count). The van der Waals surface area contributed by atoms with Gasteiger partial charge >= 0.3 is 0 Å². The number of halogens is 1. The quantitative estimate of drug-likeness (QED) is 0.930. The monoisotopic (exact) mass is 331 g/mol. The highest BCUT2D eigenvalue weighted by molar-refractivity contribution is 6.05. The lowest BCUT2D eigenvalue weighted by Crippen LogP contribution is -2.52. The van der Waals surface area contributed by atoms with Crippen molar-refractivity contribution >= 4 is 16.8 Å². The zero-order chi connectivity index (χ0) is 17.1. The molecular weight excluding hydrogens is 309 g/mol. The largest absolute Gasteiger partial charge is 0.395 e. The van der Waals surface area contributed by atoms with E-state index in [0.717, 1.165) is 6.42 Å². The number of rotatable bonds is 4. The molecule has 0 radical (unpaired) electrons. The van der Waals surface area contributed by atoms with Crippen molar-refractivity contribution in [2.75, 3.05) is 32.8 Å². The maximum atomic E-state index is 13.8. The average molecular weight is 331 g/mol. The van der Waals surface area contributed by atoms with Crippen molar-refractivity contribution in [2.24, 2.45) is 0 Å². The van der Waals surface area contributed by atoms with Gasteiger partial charge in [-0.25, -0.2) is 4.39 Å². The second kappa shape index (κ2) is 7.23. The van der Waals surface area contributed by atoms with Gasteiger partial charge in [-0.05, 0) is 24.6 Å². The maximum absolute atomic E-state index is 13.8. The molecule has 6 heteroatoms. The number of aliphatic hydroxyl groups is 1. The number of hydrogen-bond acceptors (Lipinski definition) is 4. The summed E-state index contributed by atoms with van der Waals surface area (Å²) in [5, 5.41) is 10.0. The molecule has 0 bridgehead atoms. The van der Waals surface area contributed by atoms with Crippen LogP contribution in [0.15, 0.2) is 30.5 Å². The van der Waals surface area contributed by atoms with E-state index in [1.54, 1.807) is 23.2 Å². The molecule has 1 amide bonds. The fraction of sp³-hybridized carbons (Fsp3) is 0.444. The van der Waals surface area contributed by atoms with Gasteiger partial charge in [0.15, 0.2) is 0 Å². The van der Waals surface area contributed by atoms with Crippen molar-refractivity contribution in [1.82, 2.24) is 14.8 Å². The first-order chi connectivity index (χ1) is 11.6. The second-order valence-corrected chi connectivity index (χ2v) is 6.10. The minimum absolute atomic E-state index is 0.128. The predicted octanol–water partition coefficient (Wildman–Crippen LogP) is 1.90. The molecule has 0 saturated carbocycles. The Labute approximate surface area is 140 Å². The fourth-order valence-electron chi connectivity index (χ4n) is 3.28. The number of amides is 1. The first-order valence-electron chi connectivity index (χ1n) is 8.32. The number of aromatic nitrogens is 1. The van der Waals surface area contributed by atoms with E-state index in [1.807, 2.05) is 6.92 Å². The molecule has 2 heterocycles. The van der Waals surface area contributed by atoms with Crippen LogP contribution in [0.2, 0.25) is 0 Å². The van der Waals surface area contributed by atoms with Crippen LogP contribution in [0.25, 0.3) is 10.9 Å². The second-order valence-electron chi connectivity index (χ2n) is 6.10. The predicted molar refractivity (Wildman–Crippen MR) is 90.3 cm³/mol. The summed E-state index contributed by atoms with van der Waals surface area (Å²) in [4.78, 5) is 21.0. The molecule has 1 aliphatic rings. The highest BCUT2D eigenvalue weighted by Crippen LogP contribution is 2.21. The molecule has 1 aromatic carbocycles. The third-order valence-corrected chi connectivity index (χ3v) is 4.70. The Morgan fingerprint density at radius 3 is 2.75 bits per heavy atom. The molecule has 2 aromatic rings. The highest BCUT2D eigenvalue weighted by atomic mass is 19.1. The SMILES string of the molecule is CCC(CO)N1CCN(C(=O)c2cc(F)cc3cccnc23)CC1. The molecule has 1 atom stereocenters. The van der Waals surface area contributed by atoms with Crippen LogP contribution in [0, 0.1) is 5.82 Å². The van der Waals surface area contributed by atoms with Crippen LogP contribution >= 0.6 is 0 Å². The van der Waals surface area contributed by atoms with Gasteiger partial charge in [-0.15, -0.1) is 0 Å². The first-order valence-corrected chi connectivity index (χ1v) is 8.32. The van der Waals surface area contributed by atoms with Gasteiger partial charge in [0.1, 0.15) is 5.82 Å². The Morgan fingerprint density at radius 1 is 1.33 bits per heavy atom. The lowest BCUT2D eigenvalue weighted by Gasteiger charge is -2.38. The number of aliphatic hydroxyl groups excluding tert-OH is 1. The van der Waals surface area contributed by atoms with Crippen LogP contribution in [0.5, 0.6) is 0 Å². The molecule has 24 heavy (non-hydrogen) atoms. The Bertz CT molecular complexity index is 725. The van der Waals surface area contributed by atoms with Crippen molar-refractivity contribution in [3.63, 3.8) is 0 Å². The molecular formula is C18H22FN3O2. The lowest BCUT2D eigenvalue weighted by atomic mass is 10.1. The zero-order valence-electron chi connectivity index (χ0n) is 13.8. The first kappa shape index (κ1) is 16.8. The van der Waals surface area contributed by atoms with E-state index < -0.39 is 5.82 Å². The summed E-state index contributed by atoms with van der Waals surface area (Å²) >= 11 is 0. The van der Waals surface area contributed by atoms with E-state index in [0.29, 0.717) is 42.6 Å². The standard InChI is InChI=1S/C18H22FN3O2/c1-2-15(12-23)21-6-8-22(9-7-21)18(24)16-11-14(19)10-13-4-3-5-20-17(13)16/h3-5,10-11,15,23H,2,6-9,12H2,1H3. The van der Waals surface area contributed by atoms with E-state index in [2.05, 4.69) is 9.88 Å². The summed E-state index contributed by atoms with van der Waals surface area (Å²) in [7, 11) is 0. The summed E-state index contributed by atoms with van der Waals surface area (Å²) in [6.45, 7) is 4.74. The van der Waals surface area contributed by atoms with E-state index in [9.17, 15) is 14.3 Å². The van der Waals surface area contributed by atoms with E-state index in [4.69, 9.17) is 0 Å². The number of carbonyl (C=O) groups excluding carboxylic acids is 1. The van der Waals surface area contributed by atoms with Crippen LogP contribution < -0.4 is 0 Å². The van der Waals surface area contributed by atoms with Crippen molar-refractivity contribution in [3.8, 4) is 0 Å². The average Bonchev–Trinajstić information content (AvgIpc) is 2.62. The molecule has 1 unspecified atom stereocenters. The molecule has 1 fully saturated rings. The van der Waals surface area contributed by atoms with Gasteiger partial charge in [-0.3, -0.25) is 14.7 Å². The van der Waals surface area contributed by atoms with Crippen molar-refractivity contribution in [3.05, 3.63) is 41.8 Å². The van der Waals surface area contributed by atoms with Crippen molar-refractivity contribution in [1.29, 1.82) is 0 Å². The molecule has 1 aromatic heterocycles. The van der Waals surface area contributed by atoms with Crippen LogP contribution in [-0.4, -0.2) is 64.6 Å². The Hall–Kier alpha value is -2.05. The minimum Gasteiger partial charge on any atom is -0.395 e. The Balaban J connectivity index is 1.79. The molecule has 1 N–H and O–H groups in total. The van der Waals surface area contributed by atoms with Gasteiger partial charge in [0, 0.05) is 43.8 Å². The molecule has 0 spiro atoms. The number of benzene rings is 1. The third-order valence-electron chi connectivity index (χ3n) is 4.70. The van der Waals surface area contributed by atoms with Crippen LogP contribution in [0.1, 0.15) is 23.7 Å². The van der Waals surface area contributed by atoms with Crippen LogP contribution in [0.3, 0.4) is 0 Å².